The Morgan fingerprint density at radius 2 is 2.03 bits per heavy atom. The second kappa shape index (κ2) is 9.84. The lowest BCUT2D eigenvalue weighted by Gasteiger charge is -2.39. The normalized spacial score (nSPS) is 24.3. The molecule has 0 saturated carbocycles. The van der Waals surface area contributed by atoms with E-state index in [0.29, 0.717) is 34.0 Å². The predicted molar refractivity (Wildman–Crippen MR) is 150 cm³/mol. The van der Waals surface area contributed by atoms with Crippen LogP contribution in [0.1, 0.15) is 48.6 Å². The smallest absolute Gasteiger partial charge is 0.237 e. The van der Waals surface area contributed by atoms with Crippen LogP contribution >= 0.6 is 11.3 Å². The molecule has 2 fully saturated rings. The van der Waals surface area contributed by atoms with Crippen LogP contribution in [0.15, 0.2) is 16.7 Å². The van der Waals surface area contributed by atoms with E-state index in [1.165, 1.54) is 11.3 Å². The maximum atomic E-state index is 9.86. The minimum atomic E-state index is -0.553. The number of pyridine rings is 1. The van der Waals surface area contributed by atoms with Gasteiger partial charge in [-0.15, -0.1) is 11.3 Å². The zero-order chi connectivity index (χ0) is 26.4. The zero-order valence-electron chi connectivity index (χ0n) is 22.3. The van der Waals surface area contributed by atoms with Crippen LogP contribution in [0.25, 0.3) is 11.5 Å². The third kappa shape index (κ3) is 4.30. The number of nitrogen functional groups attached to an aromatic ring is 1. The van der Waals surface area contributed by atoms with Crippen molar-refractivity contribution in [2.45, 2.75) is 44.6 Å². The molecule has 2 saturated heterocycles. The van der Waals surface area contributed by atoms with E-state index >= 15 is 0 Å². The second-order valence-electron chi connectivity index (χ2n) is 11.0. The van der Waals surface area contributed by atoms with Gasteiger partial charge in [0.2, 0.25) is 11.7 Å². The Hall–Kier alpha value is -3.20. The summed E-state index contributed by atoms with van der Waals surface area (Å²) < 4.78 is 5.94. The minimum absolute atomic E-state index is 0.348. The number of hydrogen-bond acceptors (Lipinski definition) is 11. The molecule has 0 amide bonds. The largest absolute Gasteiger partial charge is 0.389 e. The van der Waals surface area contributed by atoms with Crippen LogP contribution in [0.4, 0.5) is 16.5 Å². The predicted octanol–water partition coefficient (Wildman–Crippen LogP) is 2.84. The van der Waals surface area contributed by atoms with Gasteiger partial charge in [-0.3, -0.25) is 0 Å². The molecule has 3 aromatic rings. The fourth-order valence-corrected chi connectivity index (χ4v) is 7.40. The molecule has 3 aliphatic rings. The molecule has 1 unspecified atom stereocenters. The number of aryl methyl sites for hydroxylation is 1. The summed E-state index contributed by atoms with van der Waals surface area (Å²) in [6.07, 6.45) is 2.72. The molecule has 1 aliphatic carbocycles. The topological polar surface area (TPSA) is 123 Å². The number of nitriles is 1. The Bertz CT molecular complexity index is 1370. The summed E-state index contributed by atoms with van der Waals surface area (Å²) in [7, 11) is 2.17. The molecule has 38 heavy (non-hydrogen) atoms. The highest BCUT2D eigenvalue weighted by atomic mass is 32.1. The first-order chi connectivity index (χ1) is 18.4. The number of piperazine rings is 2. The van der Waals surface area contributed by atoms with Crippen molar-refractivity contribution in [1.82, 2.24) is 25.3 Å². The number of fused-ring (bicyclic) bond motifs is 1. The second-order valence-corrected chi connectivity index (χ2v) is 12.1. The first-order valence-corrected chi connectivity index (χ1v) is 14.3. The van der Waals surface area contributed by atoms with Crippen molar-refractivity contribution < 1.29 is 4.52 Å². The molecular formula is C27H35N9OS. The number of nitrogens with zero attached hydrogens (tertiary/aromatic N) is 7. The Morgan fingerprint density at radius 3 is 2.79 bits per heavy atom. The molecule has 200 valence electrons. The van der Waals surface area contributed by atoms with E-state index < -0.39 is 5.41 Å². The van der Waals surface area contributed by atoms with Gasteiger partial charge < -0.3 is 30.3 Å². The van der Waals surface area contributed by atoms with E-state index in [4.69, 9.17) is 20.2 Å². The molecular weight excluding hydrogens is 498 g/mol. The lowest BCUT2D eigenvalue weighted by Crippen LogP contribution is -2.51. The monoisotopic (exact) mass is 533 g/mol. The summed E-state index contributed by atoms with van der Waals surface area (Å²) >= 11 is 1.51. The highest BCUT2D eigenvalue weighted by molar-refractivity contribution is 7.16. The molecule has 0 radical (unpaired) electrons. The highest BCUT2D eigenvalue weighted by Gasteiger charge is 2.43. The summed E-state index contributed by atoms with van der Waals surface area (Å²) in [5.41, 5.74) is 9.02. The average molecular weight is 534 g/mol. The van der Waals surface area contributed by atoms with Crippen molar-refractivity contribution in [3.8, 4) is 17.6 Å². The number of thiophene rings is 1. The summed E-state index contributed by atoms with van der Waals surface area (Å²) in [6, 6.07) is 6.97. The van der Waals surface area contributed by atoms with Gasteiger partial charge in [0.05, 0.1) is 11.0 Å². The number of nitrogens with one attached hydrogen (secondary N) is 1. The SMILES string of the molecule is C[C@H]1CN(C)CCN1c1cc(N2CCNCC2)cc(-c2noc(C3(C)CCCc4sc(N)c(C#N)c43)n2)n1. The first-order valence-electron chi connectivity index (χ1n) is 13.5. The third-order valence-corrected chi connectivity index (χ3v) is 9.36. The van der Waals surface area contributed by atoms with Crippen molar-refractivity contribution in [3.05, 3.63) is 34.0 Å². The summed E-state index contributed by atoms with van der Waals surface area (Å²) in [6.45, 7) is 11.0. The molecule has 0 aromatic carbocycles. The Balaban J connectivity index is 1.40. The number of likely N-dealkylation sites (N-methyl/N-ethyl adjacent to an activating group) is 1. The third-order valence-electron chi connectivity index (χ3n) is 8.28. The van der Waals surface area contributed by atoms with Gasteiger partial charge in [-0.25, -0.2) is 4.98 Å². The van der Waals surface area contributed by atoms with E-state index in [1.54, 1.807) is 0 Å². The maximum Gasteiger partial charge on any atom is 0.237 e. The van der Waals surface area contributed by atoms with E-state index in [2.05, 4.69) is 64.3 Å². The van der Waals surface area contributed by atoms with Crippen molar-refractivity contribution in [1.29, 1.82) is 5.26 Å². The highest BCUT2D eigenvalue weighted by Crippen LogP contribution is 2.48. The summed E-state index contributed by atoms with van der Waals surface area (Å²) in [4.78, 5) is 18.3. The van der Waals surface area contributed by atoms with E-state index in [0.717, 1.165) is 87.0 Å². The minimum Gasteiger partial charge on any atom is -0.389 e. The molecule has 2 aliphatic heterocycles. The number of anilines is 3. The zero-order valence-corrected chi connectivity index (χ0v) is 23.1. The van der Waals surface area contributed by atoms with Gasteiger partial charge in [0.25, 0.3) is 0 Å². The van der Waals surface area contributed by atoms with Crippen molar-refractivity contribution >= 4 is 27.8 Å². The van der Waals surface area contributed by atoms with E-state index in [9.17, 15) is 5.26 Å². The van der Waals surface area contributed by atoms with Gasteiger partial charge in [-0.05, 0) is 46.2 Å². The molecule has 11 heteroatoms. The molecule has 6 rings (SSSR count). The molecule has 3 aromatic heterocycles. The molecule has 0 bridgehead atoms. The number of aromatic nitrogens is 3. The quantitative estimate of drug-likeness (QED) is 0.517. The Morgan fingerprint density at radius 1 is 1.21 bits per heavy atom. The van der Waals surface area contributed by atoms with Crippen LogP contribution in [-0.2, 0) is 11.8 Å². The molecule has 0 spiro atoms. The Kier molecular flexibility index (Phi) is 6.50. The fraction of sp³-hybridized carbons (Fsp3) is 0.556. The summed E-state index contributed by atoms with van der Waals surface area (Å²) in [5.74, 6) is 1.95. The van der Waals surface area contributed by atoms with Crippen molar-refractivity contribution in [2.75, 3.05) is 68.4 Å². The number of nitrogens with two attached hydrogens (primary N) is 1. The summed E-state index contributed by atoms with van der Waals surface area (Å²) in [5, 5.41) is 18.3. The van der Waals surface area contributed by atoms with Gasteiger partial charge in [0.15, 0.2) is 0 Å². The Labute approximate surface area is 227 Å². The van der Waals surface area contributed by atoms with Crippen LogP contribution in [0.3, 0.4) is 0 Å². The molecule has 2 atom stereocenters. The van der Waals surface area contributed by atoms with Gasteiger partial charge in [-0.2, -0.15) is 10.2 Å². The van der Waals surface area contributed by atoms with Crippen LogP contribution in [0.2, 0.25) is 0 Å². The van der Waals surface area contributed by atoms with Crippen molar-refractivity contribution in [2.24, 2.45) is 0 Å². The van der Waals surface area contributed by atoms with Crippen LogP contribution in [0, 0.1) is 11.3 Å². The lowest BCUT2D eigenvalue weighted by molar-refractivity contribution is 0.274. The molecule has 3 N–H and O–H groups in total. The first kappa shape index (κ1) is 25.1. The van der Waals surface area contributed by atoms with Crippen molar-refractivity contribution in [3.63, 3.8) is 0 Å². The number of rotatable bonds is 4. The van der Waals surface area contributed by atoms with E-state index in [1.807, 2.05) is 0 Å². The van der Waals surface area contributed by atoms with Crippen LogP contribution < -0.4 is 20.9 Å². The van der Waals surface area contributed by atoms with Crippen LogP contribution in [-0.4, -0.2) is 78.9 Å². The standard InChI is InChI=1S/C27H35N9OS/c1-17-16-34(3)11-12-36(17)22-14-18(35-9-7-30-8-10-35)13-20(31-22)25-32-26(37-33-25)27(2)6-4-5-21-23(27)19(15-28)24(29)38-21/h13-14,17,30H,4-12,16,29H2,1-3H3/t17-,27?/m0/s1. The molecule has 5 heterocycles. The van der Waals surface area contributed by atoms with Crippen LogP contribution in [0.5, 0.6) is 0 Å². The van der Waals surface area contributed by atoms with Gasteiger partial charge in [-0.1, -0.05) is 5.16 Å². The average Bonchev–Trinajstić information content (AvgIpc) is 3.55. The van der Waals surface area contributed by atoms with Gasteiger partial charge in [0.1, 0.15) is 22.6 Å². The van der Waals surface area contributed by atoms with Gasteiger partial charge in [0, 0.05) is 74.0 Å². The number of hydrogen-bond donors (Lipinski definition) is 2. The van der Waals surface area contributed by atoms with Gasteiger partial charge >= 0.3 is 0 Å². The fourth-order valence-electron chi connectivity index (χ4n) is 6.21. The van der Waals surface area contributed by atoms with E-state index in [-0.39, 0.29) is 0 Å². The molecule has 10 nitrogen and oxygen atoms in total. The lowest BCUT2D eigenvalue weighted by atomic mass is 9.72. The maximum absolute atomic E-state index is 9.86.